The van der Waals surface area contributed by atoms with Gasteiger partial charge in [0.2, 0.25) is 5.91 Å². The maximum absolute atomic E-state index is 11.8. The molecule has 0 saturated heterocycles. The van der Waals surface area contributed by atoms with Gasteiger partial charge in [0.05, 0.1) is 5.75 Å². The second-order valence-electron chi connectivity index (χ2n) is 5.33. The lowest BCUT2D eigenvalue weighted by molar-refractivity contribution is -0.127. The highest BCUT2D eigenvalue weighted by molar-refractivity contribution is 7.99. The van der Waals surface area contributed by atoms with Crippen molar-refractivity contribution in [1.29, 1.82) is 0 Å². The van der Waals surface area contributed by atoms with Crippen LogP contribution in [0.2, 0.25) is 0 Å². The predicted molar refractivity (Wildman–Crippen MR) is 82.1 cm³/mol. The van der Waals surface area contributed by atoms with Crippen molar-refractivity contribution in [2.45, 2.75) is 34.6 Å². The molecule has 0 aliphatic carbocycles. The van der Waals surface area contributed by atoms with E-state index in [4.69, 9.17) is 0 Å². The highest BCUT2D eigenvalue weighted by Gasteiger charge is 2.23. The van der Waals surface area contributed by atoms with Gasteiger partial charge < -0.3 is 4.90 Å². The smallest absolute Gasteiger partial charge is 0.232 e. The molecule has 17 heavy (non-hydrogen) atoms. The van der Waals surface area contributed by atoms with Crippen LogP contribution in [0.5, 0.6) is 0 Å². The molecule has 1 unspecified atom stereocenters. The van der Waals surface area contributed by atoms with Gasteiger partial charge in [0.25, 0.3) is 0 Å². The lowest BCUT2D eigenvalue weighted by Gasteiger charge is -2.29. The van der Waals surface area contributed by atoms with Gasteiger partial charge in [-0.2, -0.15) is 24.4 Å². The maximum atomic E-state index is 11.8. The summed E-state index contributed by atoms with van der Waals surface area (Å²) in [6.07, 6.45) is 0. The van der Waals surface area contributed by atoms with Gasteiger partial charge >= 0.3 is 0 Å². The summed E-state index contributed by atoms with van der Waals surface area (Å²) in [6, 6.07) is 0. The second kappa shape index (κ2) is 8.30. The van der Waals surface area contributed by atoms with Crippen molar-refractivity contribution in [3.63, 3.8) is 0 Å². The third kappa shape index (κ3) is 6.61. The first-order valence-corrected chi connectivity index (χ1v) is 8.11. The molecule has 0 aliphatic heterocycles. The fourth-order valence-corrected chi connectivity index (χ4v) is 3.76. The molecule has 1 amide bonds. The summed E-state index contributed by atoms with van der Waals surface area (Å²) >= 11 is 6.14. The molecule has 0 aromatic rings. The number of hydrogen-bond donors (Lipinski definition) is 1. The molecule has 0 rings (SSSR count). The van der Waals surface area contributed by atoms with E-state index in [1.54, 1.807) is 11.8 Å². The second-order valence-corrected chi connectivity index (χ2v) is 6.72. The minimum Gasteiger partial charge on any atom is -0.343 e. The number of carbonyl (C=O) groups is 1. The number of carbonyl (C=O) groups excluding carboxylic acids is 1. The quantitative estimate of drug-likeness (QED) is 0.721. The summed E-state index contributed by atoms with van der Waals surface area (Å²) in [7, 11) is 0. The highest BCUT2D eigenvalue weighted by Crippen LogP contribution is 2.29. The van der Waals surface area contributed by atoms with Crippen LogP contribution in [0, 0.1) is 11.3 Å². The Kier molecular flexibility index (Phi) is 8.39. The topological polar surface area (TPSA) is 20.3 Å². The van der Waals surface area contributed by atoms with Crippen LogP contribution < -0.4 is 0 Å². The van der Waals surface area contributed by atoms with Crippen LogP contribution in [-0.4, -0.2) is 41.2 Å². The Balaban J connectivity index is 4.01. The fourth-order valence-electron chi connectivity index (χ4n) is 1.53. The SMILES string of the molecule is CCN(CC)C(=O)CSCC(CS)C(C)(C)C. The summed E-state index contributed by atoms with van der Waals surface area (Å²) in [4.78, 5) is 13.7. The Morgan fingerprint density at radius 3 is 2.18 bits per heavy atom. The summed E-state index contributed by atoms with van der Waals surface area (Å²) in [5, 5.41) is 0. The van der Waals surface area contributed by atoms with Crippen LogP contribution in [0.25, 0.3) is 0 Å². The van der Waals surface area contributed by atoms with Crippen LogP contribution in [0.1, 0.15) is 34.6 Å². The molecule has 0 bridgehead atoms. The molecule has 4 heteroatoms. The van der Waals surface area contributed by atoms with Crippen LogP contribution in [0.15, 0.2) is 0 Å². The summed E-state index contributed by atoms with van der Waals surface area (Å²) < 4.78 is 0. The molecule has 1 atom stereocenters. The number of nitrogens with zero attached hydrogens (tertiary/aromatic N) is 1. The standard InChI is InChI=1S/C13H27NOS2/c1-6-14(7-2)12(15)10-17-9-11(8-16)13(3,4)5/h11,16H,6-10H2,1-5H3. The van der Waals surface area contributed by atoms with Crippen molar-refractivity contribution in [2.75, 3.05) is 30.3 Å². The Bertz CT molecular complexity index is 222. The molecule has 0 aliphatic rings. The van der Waals surface area contributed by atoms with E-state index in [1.165, 1.54) is 0 Å². The molecular formula is C13H27NOS2. The third-order valence-electron chi connectivity index (χ3n) is 3.11. The van der Waals surface area contributed by atoms with E-state index < -0.39 is 0 Å². The lowest BCUT2D eigenvalue weighted by Crippen LogP contribution is -2.32. The molecule has 2 nitrogen and oxygen atoms in total. The van der Waals surface area contributed by atoms with E-state index in [9.17, 15) is 4.79 Å². The summed E-state index contributed by atoms with van der Waals surface area (Å²) in [5.41, 5.74) is 0.271. The Labute approximate surface area is 116 Å². The number of hydrogen-bond acceptors (Lipinski definition) is 3. The van der Waals surface area contributed by atoms with Crippen LogP contribution >= 0.6 is 24.4 Å². The van der Waals surface area contributed by atoms with Gasteiger partial charge in [0, 0.05) is 13.1 Å². The number of thioether (sulfide) groups is 1. The van der Waals surface area contributed by atoms with Crippen molar-refractivity contribution in [2.24, 2.45) is 11.3 Å². The zero-order valence-corrected chi connectivity index (χ0v) is 13.5. The van der Waals surface area contributed by atoms with Gasteiger partial charge in [-0.25, -0.2) is 0 Å². The molecule has 0 heterocycles. The van der Waals surface area contributed by atoms with Gasteiger partial charge in [-0.1, -0.05) is 20.8 Å². The molecule has 0 aromatic heterocycles. The van der Waals surface area contributed by atoms with E-state index in [1.807, 2.05) is 18.7 Å². The van der Waals surface area contributed by atoms with E-state index in [-0.39, 0.29) is 11.3 Å². The summed E-state index contributed by atoms with van der Waals surface area (Å²) in [6.45, 7) is 12.4. The normalized spacial score (nSPS) is 13.5. The zero-order valence-electron chi connectivity index (χ0n) is 11.8. The van der Waals surface area contributed by atoms with E-state index in [2.05, 4.69) is 33.4 Å². The minimum atomic E-state index is 0.256. The molecule has 0 radical (unpaired) electrons. The predicted octanol–water partition coefficient (Wildman–Crippen LogP) is 3.18. The highest BCUT2D eigenvalue weighted by atomic mass is 32.2. The number of amides is 1. The number of thiol groups is 1. The largest absolute Gasteiger partial charge is 0.343 e. The van der Waals surface area contributed by atoms with Crippen molar-refractivity contribution in [1.82, 2.24) is 4.90 Å². The van der Waals surface area contributed by atoms with Crippen molar-refractivity contribution < 1.29 is 4.79 Å². The van der Waals surface area contributed by atoms with Crippen molar-refractivity contribution in [3.8, 4) is 0 Å². The lowest BCUT2D eigenvalue weighted by atomic mass is 9.83. The minimum absolute atomic E-state index is 0.256. The Hall–Kier alpha value is 0.170. The molecule has 0 fully saturated rings. The van der Waals surface area contributed by atoms with Crippen LogP contribution in [0.4, 0.5) is 0 Å². The van der Waals surface area contributed by atoms with Gasteiger partial charge in [0.15, 0.2) is 0 Å². The van der Waals surface area contributed by atoms with Crippen LogP contribution in [0.3, 0.4) is 0 Å². The molecule has 0 aromatic carbocycles. The van der Waals surface area contributed by atoms with Gasteiger partial charge in [-0.05, 0) is 36.7 Å². The molecular weight excluding hydrogens is 250 g/mol. The average molecular weight is 277 g/mol. The summed E-state index contributed by atoms with van der Waals surface area (Å²) in [5.74, 6) is 3.31. The monoisotopic (exact) mass is 277 g/mol. The Morgan fingerprint density at radius 2 is 1.82 bits per heavy atom. The molecule has 0 N–H and O–H groups in total. The average Bonchev–Trinajstić information content (AvgIpc) is 2.24. The molecule has 0 saturated carbocycles. The third-order valence-corrected chi connectivity index (χ3v) is 4.64. The molecule has 0 spiro atoms. The first-order valence-electron chi connectivity index (χ1n) is 6.33. The van der Waals surface area contributed by atoms with E-state index in [0.717, 1.165) is 24.6 Å². The van der Waals surface area contributed by atoms with E-state index in [0.29, 0.717) is 11.7 Å². The number of rotatable bonds is 7. The first kappa shape index (κ1) is 17.2. The zero-order chi connectivity index (χ0) is 13.5. The van der Waals surface area contributed by atoms with Crippen LogP contribution in [-0.2, 0) is 4.79 Å². The van der Waals surface area contributed by atoms with Crippen molar-refractivity contribution in [3.05, 3.63) is 0 Å². The maximum Gasteiger partial charge on any atom is 0.232 e. The van der Waals surface area contributed by atoms with Gasteiger partial charge in [-0.15, -0.1) is 0 Å². The Morgan fingerprint density at radius 1 is 1.29 bits per heavy atom. The molecule has 102 valence electrons. The van der Waals surface area contributed by atoms with Gasteiger partial charge in [-0.3, -0.25) is 4.79 Å². The van der Waals surface area contributed by atoms with Crippen molar-refractivity contribution >= 4 is 30.3 Å². The fraction of sp³-hybridized carbons (Fsp3) is 0.923. The van der Waals surface area contributed by atoms with Gasteiger partial charge in [0.1, 0.15) is 0 Å². The first-order chi connectivity index (χ1) is 7.86. The van der Waals surface area contributed by atoms with E-state index >= 15 is 0 Å².